The first-order valence-electron chi connectivity index (χ1n) is 10.7. The van der Waals surface area contributed by atoms with Crippen LogP contribution >= 0.6 is 11.3 Å². The lowest BCUT2D eigenvalue weighted by molar-refractivity contribution is -0.143. The summed E-state index contributed by atoms with van der Waals surface area (Å²) < 4.78 is 0. The molecule has 3 heterocycles. The van der Waals surface area contributed by atoms with Crippen molar-refractivity contribution in [2.45, 2.75) is 65.8 Å². The number of carbonyl (C=O) groups is 3. The van der Waals surface area contributed by atoms with Gasteiger partial charge in [-0.15, -0.1) is 11.3 Å². The van der Waals surface area contributed by atoms with Gasteiger partial charge in [-0.25, -0.2) is 4.98 Å². The highest BCUT2D eigenvalue weighted by molar-refractivity contribution is 7.13. The minimum atomic E-state index is -0.835. The number of aromatic nitrogens is 3. The zero-order valence-corrected chi connectivity index (χ0v) is 20.3. The van der Waals surface area contributed by atoms with Gasteiger partial charge < -0.3 is 20.6 Å². The molecular formula is C22H30N6O4S. The highest BCUT2D eigenvalue weighted by Gasteiger charge is 2.44. The maximum Gasteiger partial charge on any atom is 0.246 e. The van der Waals surface area contributed by atoms with E-state index in [1.165, 1.54) is 23.2 Å². The maximum absolute atomic E-state index is 13.2. The van der Waals surface area contributed by atoms with Gasteiger partial charge in [-0.2, -0.15) is 0 Å². The largest absolute Gasteiger partial charge is 0.391 e. The summed E-state index contributed by atoms with van der Waals surface area (Å²) in [4.78, 5) is 53.1. The topological polar surface area (TPSA) is 137 Å². The predicted molar refractivity (Wildman–Crippen MR) is 123 cm³/mol. The molecule has 33 heavy (non-hydrogen) atoms. The highest BCUT2D eigenvalue weighted by Crippen LogP contribution is 2.27. The van der Waals surface area contributed by atoms with Crippen LogP contribution < -0.4 is 10.6 Å². The molecule has 1 aliphatic rings. The molecule has 2 aromatic rings. The second-order valence-corrected chi connectivity index (χ2v) is 10.1. The molecule has 178 valence electrons. The normalized spacial score (nSPS) is 19.3. The van der Waals surface area contributed by atoms with Gasteiger partial charge >= 0.3 is 0 Å². The lowest BCUT2D eigenvalue weighted by Crippen LogP contribution is -2.57. The van der Waals surface area contributed by atoms with E-state index in [0.717, 1.165) is 10.6 Å². The van der Waals surface area contributed by atoms with E-state index in [1.807, 2.05) is 27.7 Å². The molecule has 3 rings (SSSR count). The fraction of sp³-hybridized carbons (Fsp3) is 0.545. The van der Waals surface area contributed by atoms with Crippen LogP contribution in [0.4, 0.5) is 0 Å². The predicted octanol–water partition coefficient (Wildman–Crippen LogP) is 1.04. The summed E-state index contributed by atoms with van der Waals surface area (Å²) >= 11 is 1.48. The Morgan fingerprint density at radius 1 is 1.24 bits per heavy atom. The molecule has 11 heteroatoms. The van der Waals surface area contributed by atoms with Crippen molar-refractivity contribution in [1.82, 2.24) is 30.5 Å². The first kappa shape index (κ1) is 24.7. The van der Waals surface area contributed by atoms with E-state index in [1.54, 1.807) is 17.9 Å². The van der Waals surface area contributed by atoms with Crippen LogP contribution in [-0.2, 0) is 20.9 Å². The molecule has 1 fully saturated rings. The summed E-state index contributed by atoms with van der Waals surface area (Å²) in [5.41, 5.74) is 3.35. The monoisotopic (exact) mass is 474 g/mol. The van der Waals surface area contributed by atoms with E-state index in [2.05, 4.69) is 25.6 Å². The third kappa shape index (κ3) is 5.91. The standard InChI is InChI=1S/C22H30N6O4S/c1-12-18(33-11-26-12)16-9-23-14(7-24-16)8-25-20(31)17-6-15(30)10-28(17)21(32)19(22(3,4)5)27-13(2)29/h7,9,11,15,17,19,30H,6,8,10H2,1-5H3,(H,25,31)(H,27,29)/t15-,17+,19-/m1/s1. The molecule has 0 bridgehead atoms. The number of aryl methyl sites for hydroxylation is 1. The minimum absolute atomic E-state index is 0.0335. The molecular weight excluding hydrogens is 444 g/mol. The first-order chi connectivity index (χ1) is 15.5. The van der Waals surface area contributed by atoms with Crippen molar-refractivity contribution in [3.05, 3.63) is 29.3 Å². The number of nitrogens with one attached hydrogen (secondary N) is 2. The quantitative estimate of drug-likeness (QED) is 0.569. The second kappa shape index (κ2) is 9.92. The number of aliphatic hydroxyl groups is 1. The van der Waals surface area contributed by atoms with Crippen LogP contribution in [0.3, 0.4) is 0 Å². The highest BCUT2D eigenvalue weighted by atomic mass is 32.1. The molecule has 0 unspecified atom stereocenters. The molecule has 0 saturated carbocycles. The Balaban J connectivity index is 1.67. The zero-order chi connectivity index (χ0) is 24.3. The lowest BCUT2D eigenvalue weighted by atomic mass is 9.85. The molecule has 0 aliphatic carbocycles. The minimum Gasteiger partial charge on any atom is -0.391 e. The third-order valence-corrected chi connectivity index (χ3v) is 6.40. The van der Waals surface area contributed by atoms with Crippen LogP contribution in [0.15, 0.2) is 17.9 Å². The van der Waals surface area contributed by atoms with Crippen LogP contribution in [0.2, 0.25) is 0 Å². The Bertz CT molecular complexity index is 1020. The second-order valence-electron chi connectivity index (χ2n) is 9.27. The van der Waals surface area contributed by atoms with Crippen molar-refractivity contribution in [3.63, 3.8) is 0 Å². The maximum atomic E-state index is 13.2. The van der Waals surface area contributed by atoms with Gasteiger partial charge in [0.1, 0.15) is 17.8 Å². The average molecular weight is 475 g/mol. The van der Waals surface area contributed by atoms with Crippen molar-refractivity contribution < 1.29 is 19.5 Å². The molecule has 0 radical (unpaired) electrons. The summed E-state index contributed by atoms with van der Waals surface area (Å²) in [5, 5.41) is 15.6. The number of hydrogen-bond acceptors (Lipinski definition) is 8. The molecule has 1 saturated heterocycles. The van der Waals surface area contributed by atoms with E-state index in [0.29, 0.717) is 11.4 Å². The van der Waals surface area contributed by atoms with Crippen LogP contribution in [0.1, 0.15) is 45.5 Å². The van der Waals surface area contributed by atoms with Gasteiger partial charge in [0.15, 0.2) is 0 Å². The van der Waals surface area contributed by atoms with Crippen molar-refractivity contribution in [2.75, 3.05) is 6.54 Å². The summed E-state index contributed by atoms with van der Waals surface area (Å²) in [6.07, 6.45) is 2.54. The van der Waals surface area contributed by atoms with Gasteiger partial charge in [0.2, 0.25) is 17.7 Å². The van der Waals surface area contributed by atoms with Gasteiger partial charge in [-0.1, -0.05) is 20.8 Å². The number of hydrogen-bond donors (Lipinski definition) is 3. The van der Waals surface area contributed by atoms with Gasteiger partial charge in [0.05, 0.1) is 46.8 Å². The molecule has 1 aliphatic heterocycles. The summed E-state index contributed by atoms with van der Waals surface area (Å²) in [6, 6.07) is -1.65. The van der Waals surface area contributed by atoms with Crippen LogP contribution in [0.25, 0.3) is 10.6 Å². The number of aliphatic hydroxyl groups excluding tert-OH is 1. The van der Waals surface area contributed by atoms with E-state index < -0.39 is 29.5 Å². The van der Waals surface area contributed by atoms with E-state index in [4.69, 9.17) is 0 Å². The fourth-order valence-corrected chi connectivity index (χ4v) is 4.50. The molecule has 0 spiro atoms. The lowest BCUT2D eigenvalue weighted by Gasteiger charge is -2.35. The summed E-state index contributed by atoms with van der Waals surface area (Å²) in [7, 11) is 0. The van der Waals surface area contributed by atoms with Gasteiger partial charge in [-0.05, 0) is 12.3 Å². The molecule has 3 atom stereocenters. The Hall–Kier alpha value is -2.92. The van der Waals surface area contributed by atoms with Crippen LogP contribution in [-0.4, -0.2) is 67.4 Å². The SMILES string of the molecule is CC(=O)N[C@H](C(=O)N1C[C@H](O)C[C@H]1C(=O)NCc1cnc(-c2scnc2C)cn1)C(C)(C)C. The molecule has 3 N–H and O–H groups in total. The molecule has 3 amide bonds. The average Bonchev–Trinajstić information content (AvgIpc) is 3.35. The van der Waals surface area contributed by atoms with Crippen molar-refractivity contribution in [3.8, 4) is 10.6 Å². The number of β-amino-alcohol motifs (C(OH)–C–C–N with tert-alkyl or cyclic N) is 1. The molecule has 2 aromatic heterocycles. The number of amides is 3. The van der Waals surface area contributed by atoms with Gasteiger partial charge in [0.25, 0.3) is 0 Å². The van der Waals surface area contributed by atoms with Gasteiger partial charge in [-0.3, -0.25) is 24.4 Å². The summed E-state index contributed by atoms with van der Waals surface area (Å²) in [5.74, 6) is -1.11. The van der Waals surface area contributed by atoms with E-state index in [9.17, 15) is 19.5 Å². The van der Waals surface area contributed by atoms with Crippen molar-refractivity contribution in [1.29, 1.82) is 0 Å². The summed E-state index contributed by atoms with van der Waals surface area (Å²) in [6.45, 7) is 8.93. The van der Waals surface area contributed by atoms with Crippen molar-refractivity contribution in [2.24, 2.45) is 5.41 Å². The van der Waals surface area contributed by atoms with E-state index >= 15 is 0 Å². The Kier molecular flexibility index (Phi) is 7.43. The first-order valence-corrected chi connectivity index (χ1v) is 11.6. The van der Waals surface area contributed by atoms with Crippen LogP contribution in [0.5, 0.6) is 0 Å². The number of nitrogens with zero attached hydrogens (tertiary/aromatic N) is 4. The Labute approximate surface area is 196 Å². The van der Waals surface area contributed by atoms with Gasteiger partial charge in [0, 0.05) is 19.9 Å². The number of rotatable bonds is 6. The number of carbonyl (C=O) groups excluding carboxylic acids is 3. The Morgan fingerprint density at radius 3 is 2.52 bits per heavy atom. The number of thiazole rings is 1. The Morgan fingerprint density at radius 2 is 1.97 bits per heavy atom. The zero-order valence-electron chi connectivity index (χ0n) is 19.5. The molecule has 0 aromatic carbocycles. The molecule has 10 nitrogen and oxygen atoms in total. The number of likely N-dealkylation sites (tertiary alicyclic amines) is 1. The van der Waals surface area contributed by atoms with Crippen molar-refractivity contribution >= 4 is 29.1 Å². The van der Waals surface area contributed by atoms with E-state index in [-0.39, 0.29) is 31.3 Å². The fourth-order valence-electron chi connectivity index (χ4n) is 3.73. The third-order valence-electron chi connectivity index (χ3n) is 5.45. The van der Waals surface area contributed by atoms with Crippen LogP contribution in [0, 0.1) is 12.3 Å². The smallest absolute Gasteiger partial charge is 0.246 e.